The third-order valence-corrected chi connectivity index (χ3v) is 7.02. The van der Waals surface area contributed by atoms with E-state index in [2.05, 4.69) is 0 Å². The number of aliphatic hydroxyl groups is 4. The number of carbonyl (C=O) groups excluding carboxylic acids is 3. The summed E-state index contributed by atoms with van der Waals surface area (Å²) in [4.78, 5) is 40.0. The van der Waals surface area contributed by atoms with Crippen LogP contribution in [-0.4, -0.2) is 73.6 Å². The van der Waals surface area contributed by atoms with Crippen molar-refractivity contribution in [1.29, 1.82) is 0 Å². The number of phenolic OH excluding ortho intramolecular Hbond substituents is 1. The molecule has 0 unspecified atom stereocenters. The van der Waals surface area contributed by atoms with Gasteiger partial charge in [-0.05, 0) is 39.1 Å². The maximum absolute atomic E-state index is 13.7. The zero-order valence-electron chi connectivity index (χ0n) is 18.0. The van der Waals surface area contributed by atoms with Crippen molar-refractivity contribution in [2.75, 3.05) is 14.1 Å². The van der Waals surface area contributed by atoms with Crippen LogP contribution in [0.15, 0.2) is 35.1 Å². The first kappa shape index (κ1) is 25.2. The van der Waals surface area contributed by atoms with Crippen LogP contribution in [0.3, 0.4) is 0 Å². The van der Waals surface area contributed by atoms with Crippen molar-refractivity contribution in [1.82, 2.24) is 4.90 Å². The van der Waals surface area contributed by atoms with Crippen molar-refractivity contribution in [2.24, 2.45) is 17.6 Å². The predicted molar refractivity (Wildman–Crippen MR) is 110 cm³/mol. The van der Waals surface area contributed by atoms with Gasteiger partial charge in [0, 0.05) is 17.4 Å². The average molecular weight is 552 g/mol. The van der Waals surface area contributed by atoms with E-state index in [0.29, 0.717) is 0 Å². The summed E-state index contributed by atoms with van der Waals surface area (Å²) in [7, 11) is 3.01. The molecule has 1 aromatic rings. The van der Waals surface area contributed by atoms with Crippen molar-refractivity contribution in [3.05, 3.63) is 46.2 Å². The molecule has 3 aliphatic rings. The molecule has 11 heteroatoms. The first-order valence-corrected chi connectivity index (χ1v) is 9.97. The largest absolute Gasteiger partial charge is 1.00 e. The number of Topliss-reactive ketones (excluding diaryl/α,β-unsaturated/α-hetero) is 2. The summed E-state index contributed by atoms with van der Waals surface area (Å²) in [5.41, 5.74) is -0.548. The van der Waals surface area contributed by atoms with E-state index >= 15 is 0 Å². The van der Waals surface area contributed by atoms with Gasteiger partial charge in [0.25, 0.3) is 5.91 Å². The quantitative estimate of drug-likeness (QED) is 0.211. The first-order valence-electron chi connectivity index (χ1n) is 9.97. The summed E-state index contributed by atoms with van der Waals surface area (Å²) in [5.74, 6) is -7.90. The fourth-order valence-electron chi connectivity index (χ4n) is 5.50. The number of benzene rings is 1. The maximum atomic E-state index is 13.7. The Kier molecular flexibility index (Phi) is 5.94. The number of aromatic hydroxyl groups is 1. The minimum atomic E-state index is -2.75. The van der Waals surface area contributed by atoms with E-state index in [-0.39, 0.29) is 39.9 Å². The van der Waals surface area contributed by atoms with E-state index in [4.69, 9.17) is 5.73 Å². The zero-order valence-corrected chi connectivity index (χ0v) is 19.4. The van der Waals surface area contributed by atoms with Crippen LogP contribution in [0.4, 0.5) is 0 Å². The number of aliphatic hydroxyl groups excluding tert-OH is 2. The van der Waals surface area contributed by atoms with Gasteiger partial charge in [-0.15, -0.1) is 0 Å². The summed E-state index contributed by atoms with van der Waals surface area (Å²) in [6.07, 6.45) is -0.200. The van der Waals surface area contributed by atoms with Crippen LogP contribution in [0.25, 0.3) is 5.76 Å². The molecule has 0 aromatic heterocycles. The average Bonchev–Trinajstić information content (AvgIpc) is 2.68. The molecule has 0 saturated heterocycles. The van der Waals surface area contributed by atoms with Crippen LogP contribution >= 0.6 is 0 Å². The topological polar surface area (TPSA) is 182 Å². The summed E-state index contributed by atoms with van der Waals surface area (Å²) in [6.45, 7) is 1.40. The van der Waals surface area contributed by atoms with Gasteiger partial charge in [0.15, 0.2) is 11.4 Å². The van der Waals surface area contributed by atoms with Crippen molar-refractivity contribution in [2.45, 2.75) is 30.6 Å². The SMILES string of the molecule is CN(C)[C@@H]1C(=O)C(C(N)=O)=C(O)[C@@]2(O)C(=O)C3=C(O)c4c(O)cccc4[C@@](C)(O)[C@H]3C[C@@H]12.[Ag+]. The molecule has 0 spiro atoms. The molecule has 1 saturated carbocycles. The van der Waals surface area contributed by atoms with E-state index in [1.54, 1.807) is 0 Å². The molecule has 0 aliphatic heterocycles. The Bertz CT molecular complexity index is 1160. The fraction of sp³-hybridized carbons (Fsp3) is 0.409. The standard InChI is InChI=1S/C22H24N2O8.Ag/c1-21(31)8-5-4-6-11(25)12(8)16(26)13-9(21)7-10-15(24(2)3)17(27)14(20(23)30)19(29)22(10,32)18(13)28;/h4-6,9-10,15,25-26,29,31-32H,7H2,1-3H3,(H2,23,30);/q;+1/t9-,10-,15-,21+,22-;/m0./s1. The molecule has 5 atom stereocenters. The van der Waals surface area contributed by atoms with Gasteiger partial charge in [-0.3, -0.25) is 19.3 Å². The second-order valence-electron chi connectivity index (χ2n) is 8.96. The Labute approximate surface area is 204 Å². The van der Waals surface area contributed by atoms with Crippen LogP contribution < -0.4 is 5.73 Å². The molecule has 1 amide bonds. The number of rotatable bonds is 2. The van der Waals surface area contributed by atoms with Gasteiger partial charge in [-0.2, -0.15) is 0 Å². The number of carbonyl (C=O) groups is 3. The molecule has 10 nitrogen and oxygen atoms in total. The normalized spacial score (nSPS) is 33.3. The van der Waals surface area contributed by atoms with Gasteiger partial charge in [0.05, 0.1) is 17.2 Å². The van der Waals surface area contributed by atoms with E-state index in [1.165, 1.54) is 44.1 Å². The van der Waals surface area contributed by atoms with E-state index in [0.717, 1.165) is 0 Å². The third-order valence-electron chi connectivity index (χ3n) is 7.02. The Morgan fingerprint density at radius 3 is 2.30 bits per heavy atom. The van der Waals surface area contributed by atoms with Crippen molar-refractivity contribution < 1.29 is 62.3 Å². The maximum Gasteiger partial charge on any atom is 1.00 e. The van der Waals surface area contributed by atoms with Gasteiger partial charge < -0.3 is 31.3 Å². The van der Waals surface area contributed by atoms with E-state index in [1.807, 2.05) is 0 Å². The Morgan fingerprint density at radius 2 is 1.76 bits per heavy atom. The smallest absolute Gasteiger partial charge is 0.508 e. The number of hydrogen-bond acceptors (Lipinski definition) is 9. The van der Waals surface area contributed by atoms with Crippen molar-refractivity contribution >= 4 is 23.2 Å². The second kappa shape index (κ2) is 7.80. The fourth-order valence-corrected chi connectivity index (χ4v) is 5.50. The van der Waals surface area contributed by atoms with Gasteiger partial charge in [-0.25, -0.2) is 0 Å². The number of amides is 1. The number of primary amides is 1. The number of hydrogen-bond donors (Lipinski definition) is 6. The third kappa shape index (κ3) is 3.06. The van der Waals surface area contributed by atoms with Gasteiger partial charge >= 0.3 is 22.4 Å². The molecular formula is C22H24AgN2O8+. The number of phenols is 1. The van der Waals surface area contributed by atoms with Crippen LogP contribution in [0.2, 0.25) is 0 Å². The van der Waals surface area contributed by atoms with Crippen molar-refractivity contribution in [3.63, 3.8) is 0 Å². The molecule has 180 valence electrons. The summed E-state index contributed by atoms with van der Waals surface area (Å²) < 4.78 is 0. The summed E-state index contributed by atoms with van der Waals surface area (Å²) >= 11 is 0. The predicted octanol–water partition coefficient (Wildman–Crippen LogP) is -0.373. The minimum absolute atomic E-state index is 0. The van der Waals surface area contributed by atoms with E-state index < -0.39 is 75.0 Å². The van der Waals surface area contributed by atoms with Crippen LogP contribution in [0, 0.1) is 11.8 Å². The number of likely N-dealkylation sites (N-methyl/N-ethyl adjacent to an activating group) is 1. The van der Waals surface area contributed by atoms with Gasteiger partial charge in [0.2, 0.25) is 5.78 Å². The molecule has 0 radical (unpaired) electrons. The second-order valence-corrected chi connectivity index (χ2v) is 8.96. The van der Waals surface area contributed by atoms with E-state index in [9.17, 15) is 39.9 Å². The summed E-state index contributed by atoms with van der Waals surface area (Å²) in [5, 5.41) is 54.9. The Balaban J connectivity index is 0.00000306. The monoisotopic (exact) mass is 551 g/mol. The number of ketones is 2. The van der Waals surface area contributed by atoms with Crippen LogP contribution in [0.1, 0.15) is 24.5 Å². The number of nitrogens with zero attached hydrogens (tertiary/aromatic N) is 1. The molecule has 3 aliphatic carbocycles. The van der Waals surface area contributed by atoms with Crippen LogP contribution in [-0.2, 0) is 42.4 Å². The first-order chi connectivity index (χ1) is 14.8. The molecule has 1 fully saturated rings. The minimum Gasteiger partial charge on any atom is -0.508 e. The molecular weight excluding hydrogens is 528 g/mol. The Morgan fingerprint density at radius 1 is 1.15 bits per heavy atom. The molecule has 0 heterocycles. The molecule has 4 rings (SSSR count). The summed E-state index contributed by atoms with van der Waals surface area (Å²) in [6, 6.07) is 3.02. The molecule has 1 aromatic carbocycles. The zero-order chi connectivity index (χ0) is 23.9. The Hall–Kier alpha value is -2.47. The van der Waals surface area contributed by atoms with Crippen molar-refractivity contribution in [3.8, 4) is 5.75 Å². The van der Waals surface area contributed by atoms with Gasteiger partial charge in [0.1, 0.15) is 22.8 Å². The number of fused-ring (bicyclic) bond motifs is 3. The molecule has 7 N–H and O–H groups in total. The van der Waals surface area contributed by atoms with Crippen LogP contribution in [0.5, 0.6) is 5.75 Å². The van der Waals surface area contributed by atoms with Gasteiger partial charge in [-0.1, -0.05) is 12.1 Å². The molecule has 0 bridgehead atoms. The number of nitrogens with two attached hydrogens (primary N) is 1. The molecule has 33 heavy (non-hydrogen) atoms.